The van der Waals surface area contributed by atoms with Crippen LogP contribution in [0.25, 0.3) is 11.2 Å². The van der Waals surface area contributed by atoms with Crippen molar-refractivity contribution in [3.05, 3.63) is 52.6 Å². The number of aromatic amines is 1. The van der Waals surface area contributed by atoms with Gasteiger partial charge in [0.05, 0.1) is 12.5 Å². The number of anilines is 1. The molecule has 4 rings (SSSR count). The highest BCUT2D eigenvalue weighted by Gasteiger charge is 2.47. The summed E-state index contributed by atoms with van der Waals surface area (Å²) < 4.78 is 6.76. The fourth-order valence-corrected chi connectivity index (χ4v) is 3.01. The van der Waals surface area contributed by atoms with Crippen LogP contribution < -0.4 is 16.7 Å². The lowest BCUT2D eigenvalue weighted by atomic mass is 10.1. The van der Waals surface area contributed by atoms with Crippen molar-refractivity contribution in [3.8, 4) is 0 Å². The monoisotopic (exact) mass is 399 g/mol. The highest BCUT2D eigenvalue weighted by molar-refractivity contribution is 5.85. The molecule has 0 saturated carbocycles. The number of fused-ring (bicyclic) bond motifs is 1. The minimum Gasteiger partial charge on any atom is -0.387 e. The number of rotatable bonds is 4. The Labute approximate surface area is 162 Å². The largest absolute Gasteiger partial charge is 0.387 e. The van der Waals surface area contributed by atoms with E-state index in [2.05, 4.69) is 25.5 Å². The van der Waals surface area contributed by atoms with Crippen LogP contribution in [0, 0.1) is 0 Å². The van der Waals surface area contributed by atoms with Crippen molar-refractivity contribution in [2.75, 3.05) is 5.73 Å². The predicted octanol–water partition coefficient (Wildman–Crippen LogP) is -1.53. The van der Waals surface area contributed by atoms with Crippen molar-refractivity contribution >= 4 is 29.2 Å². The topological polar surface area (TPSA) is 181 Å². The lowest BCUT2D eigenvalue weighted by Crippen LogP contribution is -2.41. The normalized spacial score (nSPS) is 24.3. The van der Waals surface area contributed by atoms with Crippen molar-refractivity contribution < 1.29 is 19.7 Å². The van der Waals surface area contributed by atoms with Crippen LogP contribution in [0.1, 0.15) is 11.8 Å². The van der Waals surface area contributed by atoms with E-state index in [0.717, 1.165) is 5.56 Å². The van der Waals surface area contributed by atoms with Gasteiger partial charge in [-0.05, 0) is 5.56 Å². The number of imidazole rings is 1. The van der Waals surface area contributed by atoms with E-state index in [1.54, 1.807) is 12.1 Å². The number of aliphatic hydroxyl groups is 2. The molecular formula is C17H17N7O5. The van der Waals surface area contributed by atoms with Crippen LogP contribution in [-0.4, -0.2) is 60.2 Å². The number of nitrogens with one attached hydrogen (secondary N) is 2. The van der Waals surface area contributed by atoms with Gasteiger partial charge in [0.15, 0.2) is 23.5 Å². The van der Waals surface area contributed by atoms with Crippen molar-refractivity contribution in [1.82, 2.24) is 24.9 Å². The molecule has 6 N–H and O–H groups in total. The number of hydrazone groups is 1. The number of carbonyl (C=O) groups excluding carboxylic acids is 1. The molecule has 0 aliphatic carbocycles. The smallest absolute Gasteiger partial charge is 0.280 e. The van der Waals surface area contributed by atoms with Crippen LogP contribution in [0.2, 0.25) is 0 Å². The lowest BCUT2D eigenvalue weighted by molar-refractivity contribution is -0.137. The van der Waals surface area contributed by atoms with Crippen LogP contribution in [0.4, 0.5) is 5.95 Å². The number of ether oxygens (including phenoxy) is 1. The van der Waals surface area contributed by atoms with E-state index in [1.807, 2.05) is 18.2 Å². The molecule has 1 saturated heterocycles. The second-order valence-electron chi connectivity index (χ2n) is 6.35. The molecule has 4 atom stereocenters. The Kier molecular flexibility index (Phi) is 4.80. The van der Waals surface area contributed by atoms with Crippen LogP contribution in [-0.2, 0) is 9.53 Å². The Morgan fingerprint density at radius 1 is 1.31 bits per heavy atom. The molecule has 3 aromatic rings. The molecule has 1 aliphatic heterocycles. The summed E-state index contributed by atoms with van der Waals surface area (Å²) in [5, 5.41) is 24.4. The molecule has 1 fully saturated rings. The zero-order valence-electron chi connectivity index (χ0n) is 14.8. The van der Waals surface area contributed by atoms with Crippen molar-refractivity contribution in [3.63, 3.8) is 0 Å². The third-order valence-corrected chi connectivity index (χ3v) is 4.41. The highest BCUT2D eigenvalue weighted by atomic mass is 16.6. The van der Waals surface area contributed by atoms with E-state index in [-0.39, 0.29) is 17.1 Å². The fraction of sp³-hybridized carbons (Fsp3) is 0.235. The molecule has 0 spiro atoms. The maximum atomic E-state index is 12.3. The van der Waals surface area contributed by atoms with Crippen molar-refractivity contribution in [2.24, 2.45) is 5.10 Å². The number of benzene rings is 1. The Balaban J connectivity index is 1.53. The fourth-order valence-electron chi connectivity index (χ4n) is 3.01. The molecule has 0 radical (unpaired) electrons. The molecule has 3 heterocycles. The quantitative estimate of drug-likeness (QED) is 0.259. The number of aliphatic hydroxyl groups excluding tert-OH is 2. The third kappa shape index (κ3) is 3.47. The van der Waals surface area contributed by atoms with E-state index in [0.29, 0.717) is 0 Å². The second kappa shape index (κ2) is 7.43. The van der Waals surface area contributed by atoms with Gasteiger partial charge in [0.1, 0.15) is 12.2 Å². The third-order valence-electron chi connectivity index (χ3n) is 4.41. The lowest BCUT2D eigenvalue weighted by Gasteiger charge is -2.16. The van der Waals surface area contributed by atoms with E-state index in [9.17, 15) is 19.8 Å². The molecule has 1 aliphatic rings. The van der Waals surface area contributed by atoms with Gasteiger partial charge >= 0.3 is 0 Å². The summed E-state index contributed by atoms with van der Waals surface area (Å²) in [6, 6.07) is 9.06. The van der Waals surface area contributed by atoms with Crippen LogP contribution >= 0.6 is 0 Å². The summed E-state index contributed by atoms with van der Waals surface area (Å²) in [6.07, 6.45) is -3.00. The Morgan fingerprint density at radius 3 is 2.83 bits per heavy atom. The Hall–Kier alpha value is -3.61. The summed E-state index contributed by atoms with van der Waals surface area (Å²) in [5.74, 6) is -0.900. The molecule has 2 aromatic heterocycles. The van der Waals surface area contributed by atoms with Gasteiger partial charge in [0, 0.05) is 0 Å². The van der Waals surface area contributed by atoms with E-state index < -0.39 is 36.0 Å². The van der Waals surface area contributed by atoms with Gasteiger partial charge in [-0.3, -0.25) is 19.1 Å². The number of hydrogen-bond acceptors (Lipinski definition) is 9. The van der Waals surface area contributed by atoms with Gasteiger partial charge in [-0.15, -0.1) is 0 Å². The van der Waals surface area contributed by atoms with Gasteiger partial charge in [0.2, 0.25) is 5.95 Å². The summed E-state index contributed by atoms with van der Waals surface area (Å²) in [7, 11) is 0. The number of aromatic nitrogens is 4. The van der Waals surface area contributed by atoms with E-state index >= 15 is 0 Å². The molecular weight excluding hydrogens is 382 g/mol. The summed E-state index contributed by atoms with van der Waals surface area (Å²) >= 11 is 0. The maximum Gasteiger partial charge on any atom is 0.280 e. The number of hydrogen-bond donors (Lipinski definition) is 5. The zero-order chi connectivity index (χ0) is 20.5. The first-order valence-electron chi connectivity index (χ1n) is 8.57. The minimum absolute atomic E-state index is 0.0233. The number of nitrogens with zero attached hydrogens (tertiary/aromatic N) is 4. The number of carbonyl (C=O) groups is 1. The molecule has 12 nitrogen and oxygen atoms in total. The number of nitrogens with two attached hydrogens (primary N) is 1. The first-order valence-corrected chi connectivity index (χ1v) is 8.57. The number of nitrogen functional groups attached to an aromatic ring is 1. The van der Waals surface area contributed by atoms with Crippen LogP contribution in [0.15, 0.2) is 46.6 Å². The number of H-pyrrole nitrogens is 1. The highest BCUT2D eigenvalue weighted by Crippen LogP contribution is 2.31. The molecule has 1 amide bonds. The van der Waals surface area contributed by atoms with E-state index in [1.165, 1.54) is 17.1 Å². The average molecular weight is 399 g/mol. The van der Waals surface area contributed by atoms with E-state index in [4.69, 9.17) is 10.5 Å². The Morgan fingerprint density at radius 2 is 2.07 bits per heavy atom. The summed E-state index contributed by atoms with van der Waals surface area (Å²) in [6.45, 7) is 0. The zero-order valence-corrected chi connectivity index (χ0v) is 14.8. The molecule has 1 aromatic carbocycles. The minimum atomic E-state index is -1.54. The van der Waals surface area contributed by atoms with Gasteiger partial charge in [-0.1, -0.05) is 30.3 Å². The summed E-state index contributed by atoms with van der Waals surface area (Å²) in [5.41, 5.74) is 8.03. The SMILES string of the molecule is Nc1nc2c(ncn2[C@@H]2O[C@H](C(=O)NN=Cc3ccccc3)[C@@H](O)[C@H]2O)c(=O)[nH]1. The standard InChI is InChI=1S/C17H17N7O5/c18-17-21-13-9(14(27)22-17)19-7-24(13)16-11(26)10(25)12(29-16)15(28)23-20-6-8-4-2-1-3-5-8/h1-7,10-12,16,25-26H,(H,23,28)(H3,18,21,22,27)/t10-,11+,12-,16+/m0/s1. The maximum absolute atomic E-state index is 12.3. The predicted molar refractivity (Wildman–Crippen MR) is 101 cm³/mol. The molecule has 150 valence electrons. The molecule has 0 unspecified atom stereocenters. The molecule has 29 heavy (non-hydrogen) atoms. The molecule has 12 heteroatoms. The van der Waals surface area contributed by atoms with Gasteiger partial charge in [-0.2, -0.15) is 10.1 Å². The first-order chi connectivity index (χ1) is 14.0. The Bertz CT molecular complexity index is 1130. The van der Waals surface area contributed by atoms with Crippen LogP contribution in [0.5, 0.6) is 0 Å². The van der Waals surface area contributed by atoms with Gasteiger partial charge in [-0.25, -0.2) is 10.4 Å². The van der Waals surface area contributed by atoms with Crippen molar-refractivity contribution in [2.45, 2.75) is 24.5 Å². The summed E-state index contributed by atoms with van der Waals surface area (Å²) in [4.78, 5) is 34.4. The van der Waals surface area contributed by atoms with Crippen molar-refractivity contribution in [1.29, 1.82) is 0 Å². The number of amides is 1. The van der Waals surface area contributed by atoms with Gasteiger partial charge in [0.25, 0.3) is 11.5 Å². The first kappa shape index (κ1) is 18.7. The van der Waals surface area contributed by atoms with Crippen LogP contribution in [0.3, 0.4) is 0 Å². The second-order valence-corrected chi connectivity index (χ2v) is 6.35. The average Bonchev–Trinajstić information content (AvgIpc) is 3.24. The molecule has 0 bridgehead atoms. The van der Waals surface area contributed by atoms with Gasteiger partial charge < -0.3 is 20.7 Å².